The Labute approximate surface area is 129 Å². The second kappa shape index (κ2) is 6.45. The van der Waals surface area contributed by atoms with E-state index in [9.17, 15) is 0 Å². The van der Waals surface area contributed by atoms with Crippen LogP contribution in [0.4, 0.5) is 0 Å². The van der Waals surface area contributed by atoms with E-state index in [1.54, 1.807) is 11.3 Å². The summed E-state index contributed by atoms with van der Waals surface area (Å²) in [5, 5.41) is 3.44. The molecule has 1 unspecified atom stereocenters. The highest BCUT2D eigenvalue weighted by Gasteiger charge is 2.21. The fourth-order valence-corrected chi connectivity index (χ4v) is 3.12. The van der Waals surface area contributed by atoms with Crippen molar-refractivity contribution in [3.8, 4) is 11.5 Å². The molecule has 0 bridgehead atoms. The molecule has 1 aliphatic rings. The molecule has 1 N–H and O–H groups in total. The predicted octanol–water partition coefficient (Wildman–Crippen LogP) is 3.16. The number of hydrogen-bond acceptors (Lipinski definition) is 5. The molecule has 3 rings (SSSR count). The van der Waals surface area contributed by atoms with E-state index in [1.807, 2.05) is 18.6 Å². The van der Waals surface area contributed by atoms with Crippen LogP contribution in [0, 0.1) is 0 Å². The Morgan fingerprint density at radius 1 is 1.43 bits per heavy atom. The Morgan fingerprint density at radius 2 is 2.33 bits per heavy atom. The lowest BCUT2D eigenvalue weighted by Gasteiger charge is -2.13. The van der Waals surface area contributed by atoms with Gasteiger partial charge in [0.25, 0.3) is 0 Å². The number of rotatable bonds is 6. The van der Waals surface area contributed by atoms with Gasteiger partial charge >= 0.3 is 0 Å². The maximum atomic E-state index is 5.84. The molecule has 2 aromatic rings. The van der Waals surface area contributed by atoms with Crippen LogP contribution >= 0.6 is 11.3 Å². The van der Waals surface area contributed by atoms with Gasteiger partial charge in [0.2, 0.25) is 0 Å². The first-order valence-corrected chi connectivity index (χ1v) is 8.17. The van der Waals surface area contributed by atoms with E-state index in [1.165, 1.54) is 10.4 Å². The first kappa shape index (κ1) is 14.4. The van der Waals surface area contributed by atoms with Crippen LogP contribution in [0.5, 0.6) is 11.5 Å². The summed E-state index contributed by atoms with van der Waals surface area (Å²) in [6.07, 6.45) is 3.12. The van der Waals surface area contributed by atoms with Crippen molar-refractivity contribution < 1.29 is 9.47 Å². The van der Waals surface area contributed by atoms with Gasteiger partial charge in [0.1, 0.15) is 17.6 Å². The maximum absolute atomic E-state index is 5.84. The van der Waals surface area contributed by atoms with E-state index in [2.05, 4.69) is 29.4 Å². The molecule has 1 aromatic carbocycles. The number of fused-ring (bicyclic) bond motifs is 1. The van der Waals surface area contributed by atoms with Crippen molar-refractivity contribution in [2.45, 2.75) is 39.5 Å². The summed E-state index contributed by atoms with van der Waals surface area (Å²) in [5.41, 5.74) is 4.25. The third-order valence-corrected chi connectivity index (χ3v) is 4.26. The zero-order valence-electron chi connectivity index (χ0n) is 12.4. The van der Waals surface area contributed by atoms with Gasteiger partial charge in [0.05, 0.1) is 12.1 Å². The molecule has 0 fully saturated rings. The van der Waals surface area contributed by atoms with Gasteiger partial charge in [-0.25, -0.2) is 0 Å². The van der Waals surface area contributed by atoms with E-state index in [4.69, 9.17) is 9.47 Å². The van der Waals surface area contributed by atoms with Gasteiger partial charge < -0.3 is 14.8 Å². The molecule has 112 valence electrons. The minimum Gasteiger partial charge on any atom is -0.494 e. The normalized spacial score (nSPS) is 16.6. The summed E-state index contributed by atoms with van der Waals surface area (Å²) in [6.45, 7) is 6.38. The highest BCUT2D eigenvalue weighted by atomic mass is 32.1. The molecule has 4 nitrogen and oxygen atoms in total. The minimum atomic E-state index is 0.259. The Morgan fingerprint density at radius 3 is 3.10 bits per heavy atom. The average molecular weight is 304 g/mol. The van der Waals surface area contributed by atoms with Crippen molar-refractivity contribution in [2.24, 2.45) is 0 Å². The van der Waals surface area contributed by atoms with Crippen molar-refractivity contribution in [1.82, 2.24) is 10.3 Å². The Balaban J connectivity index is 1.72. The number of ether oxygens (including phenoxy) is 2. The van der Waals surface area contributed by atoms with Crippen LogP contribution in [0.2, 0.25) is 0 Å². The van der Waals surface area contributed by atoms with Crippen LogP contribution in [-0.2, 0) is 19.5 Å². The van der Waals surface area contributed by atoms with Crippen molar-refractivity contribution in [2.75, 3.05) is 6.61 Å². The quantitative estimate of drug-likeness (QED) is 0.890. The molecule has 1 aliphatic heterocycles. The second-order valence-corrected chi connectivity index (χ2v) is 6.18. The summed E-state index contributed by atoms with van der Waals surface area (Å²) < 4.78 is 11.6. The number of nitrogens with zero attached hydrogens (tertiary/aromatic N) is 1. The molecule has 0 aliphatic carbocycles. The van der Waals surface area contributed by atoms with Gasteiger partial charge in [-0.15, -0.1) is 11.3 Å². The van der Waals surface area contributed by atoms with Gasteiger partial charge in [-0.1, -0.05) is 0 Å². The van der Waals surface area contributed by atoms with Crippen LogP contribution in [-0.4, -0.2) is 17.7 Å². The molecule has 5 heteroatoms. The van der Waals surface area contributed by atoms with E-state index in [-0.39, 0.29) is 6.10 Å². The number of thiazole rings is 1. The molecule has 0 saturated heterocycles. The summed E-state index contributed by atoms with van der Waals surface area (Å²) >= 11 is 1.66. The smallest absolute Gasteiger partial charge is 0.124 e. The molecule has 0 radical (unpaired) electrons. The second-order valence-electron chi connectivity index (χ2n) is 5.20. The molecule has 1 atom stereocenters. The zero-order chi connectivity index (χ0) is 14.7. The van der Waals surface area contributed by atoms with E-state index in [0.717, 1.165) is 36.6 Å². The first-order valence-electron chi connectivity index (χ1n) is 7.29. The SMILES string of the molecule is CCOc1cc2c(cc1CNCc1cncs1)OC(C)C2. The third kappa shape index (κ3) is 3.36. The van der Waals surface area contributed by atoms with Gasteiger partial charge in [0, 0.05) is 41.7 Å². The minimum absolute atomic E-state index is 0.259. The average Bonchev–Trinajstić information content (AvgIpc) is 3.07. The Hall–Kier alpha value is -1.59. The van der Waals surface area contributed by atoms with Crippen LogP contribution in [0.3, 0.4) is 0 Å². The predicted molar refractivity (Wildman–Crippen MR) is 84.1 cm³/mol. The van der Waals surface area contributed by atoms with Crippen LogP contribution in [0.25, 0.3) is 0 Å². The fraction of sp³-hybridized carbons (Fsp3) is 0.438. The highest BCUT2D eigenvalue weighted by Crippen LogP contribution is 2.35. The molecule has 0 amide bonds. The van der Waals surface area contributed by atoms with Crippen LogP contribution in [0.1, 0.15) is 29.9 Å². The molecule has 0 spiro atoms. The number of hydrogen-bond donors (Lipinski definition) is 1. The third-order valence-electron chi connectivity index (χ3n) is 3.48. The monoisotopic (exact) mass is 304 g/mol. The van der Waals surface area contributed by atoms with Gasteiger partial charge in [0.15, 0.2) is 0 Å². The lowest BCUT2D eigenvalue weighted by atomic mass is 10.1. The maximum Gasteiger partial charge on any atom is 0.124 e. The standard InChI is InChI=1S/C16H20N2O2S/c1-3-19-15-5-12-4-11(2)20-16(12)6-13(15)7-17-8-14-9-18-10-21-14/h5-6,9-11,17H,3-4,7-8H2,1-2H3. The van der Waals surface area contributed by atoms with Crippen molar-refractivity contribution in [3.63, 3.8) is 0 Å². The molecule has 1 aromatic heterocycles. The fourth-order valence-electron chi connectivity index (χ4n) is 2.56. The largest absolute Gasteiger partial charge is 0.494 e. The molecule has 2 heterocycles. The lowest BCUT2D eigenvalue weighted by molar-refractivity contribution is 0.254. The number of aromatic nitrogens is 1. The van der Waals surface area contributed by atoms with Gasteiger partial charge in [-0.2, -0.15) is 0 Å². The van der Waals surface area contributed by atoms with Crippen LogP contribution in [0.15, 0.2) is 23.8 Å². The first-order chi connectivity index (χ1) is 10.3. The summed E-state index contributed by atoms with van der Waals surface area (Å²) in [5.74, 6) is 1.96. The Kier molecular flexibility index (Phi) is 4.41. The highest BCUT2D eigenvalue weighted by molar-refractivity contribution is 7.09. The number of benzene rings is 1. The molecule has 0 saturated carbocycles. The summed E-state index contributed by atoms with van der Waals surface area (Å²) in [7, 11) is 0. The number of nitrogens with one attached hydrogen (secondary N) is 1. The van der Waals surface area contributed by atoms with Crippen molar-refractivity contribution >= 4 is 11.3 Å². The van der Waals surface area contributed by atoms with Crippen molar-refractivity contribution in [3.05, 3.63) is 39.8 Å². The Bertz CT molecular complexity index is 599. The zero-order valence-corrected chi connectivity index (χ0v) is 13.2. The topological polar surface area (TPSA) is 43.4 Å². The molecular weight excluding hydrogens is 284 g/mol. The van der Waals surface area contributed by atoms with Gasteiger partial charge in [-0.3, -0.25) is 4.98 Å². The van der Waals surface area contributed by atoms with Crippen molar-refractivity contribution in [1.29, 1.82) is 0 Å². The summed E-state index contributed by atoms with van der Waals surface area (Å²) in [4.78, 5) is 5.32. The molecular formula is C16H20N2O2S. The van der Waals surface area contributed by atoms with E-state index >= 15 is 0 Å². The van der Waals surface area contributed by atoms with E-state index < -0.39 is 0 Å². The summed E-state index contributed by atoms with van der Waals surface area (Å²) in [6, 6.07) is 4.25. The van der Waals surface area contributed by atoms with Gasteiger partial charge in [-0.05, 0) is 26.0 Å². The lowest BCUT2D eigenvalue weighted by Crippen LogP contribution is -2.13. The van der Waals surface area contributed by atoms with Crippen LogP contribution < -0.4 is 14.8 Å². The molecule has 21 heavy (non-hydrogen) atoms. The van der Waals surface area contributed by atoms with E-state index in [0.29, 0.717) is 6.61 Å².